The molecule has 3 nitrogen and oxygen atoms in total. The zero-order chi connectivity index (χ0) is 16.1. The van der Waals surface area contributed by atoms with Gasteiger partial charge >= 0.3 is 0 Å². The van der Waals surface area contributed by atoms with Gasteiger partial charge < -0.3 is 4.90 Å². The predicted octanol–water partition coefficient (Wildman–Crippen LogP) is 4.26. The molecule has 0 saturated carbocycles. The van der Waals surface area contributed by atoms with Crippen LogP contribution in [0.15, 0.2) is 48.7 Å². The molecule has 1 aliphatic heterocycles. The molecule has 3 rings (SSSR count). The Balaban J connectivity index is 1.87. The third-order valence-electron chi connectivity index (χ3n) is 4.85. The SMILES string of the molecule is CCN(C)c1ncccc1[C@@H]1CCCCN1Cc1ccccc1. The van der Waals surface area contributed by atoms with E-state index in [1.54, 1.807) is 0 Å². The lowest BCUT2D eigenvalue weighted by atomic mass is 9.94. The van der Waals surface area contributed by atoms with E-state index >= 15 is 0 Å². The van der Waals surface area contributed by atoms with Crippen molar-refractivity contribution in [2.45, 2.75) is 38.8 Å². The Hall–Kier alpha value is -1.87. The van der Waals surface area contributed by atoms with Crippen LogP contribution in [0.1, 0.15) is 43.4 Å². The Morgan fingerprint density at radius 3 is 2.74 bits per heavy atom. The summed E-state index contributed by atoms with van der Waals surface area (Å²) in [5.41, 5.74) is 2.78. The fourth-order valence-corrected chi connectivity index (χ4v) is 3.49. The van der Waals surface area contributed by atoms with Gasteiger partial charge in [0.2, 0.25) is 0 Å². The average Bonchev–Trinajstić information content (AvgIpc) is 2.62. The summed E-state index contributed by atoms with van der Waals surface area (Å²) in [5.74, 6) is 1.14. The number of anilines is 1. The molecule has 23 heavy (non-hydrogen) atoms. The Kier molecular flexibility index (Phi) is 5.29. The van der Waals surface area contributed by atoms with Crippen LogP contribution < -0.4 is 4.90 Å². The first kappa shape index (κ1) is 16.0. The fourth-order valence-electron chi connectivity index (χ4n) is 3.49. The second-order valence-corrected chi connectivity index (χ2v) is 6.40. The first-order chi connectivity index (χ1) is 11.3. The molecule has 0 N–H and O–H groups in total. The van der Waals surface area contributed by atoms with Crippen molar-refractivity contribution in [2.75, 3.05) is 25.0 Å². The highest BCUT2D eigenvalue weighted by atomic mass is 15.2. The van der Waals surface area contributed by atoms with Gasteiger partial charge in [0.25, 0.3) is 0 Å². The molecule has 1 aromatic carbocycles. The number of hydrogen-bond donors (Lipinski definition) is 0. The van der Waals surface area contributed by atoms with E-state index in [-0.39, 0.29) is 0 Å². The largest absolute Gasteiger partial charge is 0.360 e. The minimum Gasteiger partial charge on any atom is -0.360 e. The van der Waals surface area contributed by atoms with Crippen molar-refractivity contribution >= 4 is 5.82 Å². The molecule has 1 atom stereocenters. The van der Waals surface area contributed by atoms with Crippen LogP contribution in [0.25, 0.3) is 0 Å². The highest BCUT2D eigenvalue weighted by Crippen LogP contribution is 2.35. The molecule has 1 fully saturated rings. The van der Waals surface area contributed by atoms with Gasteiger partial charge in [0.05, 0.1) is 0 Å². The molecule has 0 bridgehead atoms. The molecular formula is C20H27N3. The van der Waals surface area contributed by atoms with E-state index in [4.69, 9.17) is 0 Å². The van der Waals surface area contributed by atoms with E-state index in [1.807, 2.05) is 6.20 Å². The number of likely N-dealkylation sites (tertiary alicyclic amines) is 1. The van der Waals surface area contributed by atoms with E-state index in [0.29, 0.717) is 6.04 Å². The topological polar surface area (TPSA) is 19.4 Å². The van der Waals surface area contributed by atoms with Crippen molar-refractivity contribution < 1.29 is 0 Å². The maximum absolute atomic E-state index is 4.67. The summed E-state index contributed by atoms with van der Waals surface area (Å²) in [6.45, 7) is 5.36. The normalized spacial score (nSPS) is 18.8. The minimum atomic E-state index is 0.474. The third kappa shape index (κ3) is 3.73. The van der Waals surface area contributed by atoms with E-state index in [1.165, 1.54) is 36.9 Å². The van der Waals surface area contributed by atoms with Crippen LogP contribution in [0.2, 0.25) is 0 Å². The van der Waals surface area contributed by atoms with Gasteiger partial charge in [-0.1, -0.05) is 42.8 Å². The van der Waals surface area contributed by atoms with Crippen molar-refractivity contribution in [1.82, 2.24) is 9.88 Å². The van der Waals surface area contributed by atoms with E-state index in [0.717, 1.165) is 18.9 Å². The first-order valence-electron chi connectivity index (χ1n) is 8.73. The molecule has 0 aliphatic carbocycles. The molecule has 2 aromatic rings. The molecule has 0 spiro atoms. The monoisotopic (exact) mass is 309 g/mol. The summed E-state index contributed by atoms with van der Waals surface area (Å²) >= 11 is 0. The molecular weight excluding hydrogens is 282 g/mol. The van der Waals surface area contributed by atoms with Crippen molar-refractivity contribution in [3.8, 4) is 0 Å². The van der Waals surface area contributed by atoms with Gasteiger partial charge in [-0.05, 0) is 37.9 Å². The highest BCUT2D eigenvalue weighted by Gasteiger charge is 2.27. The Labute approximate surface area is 140 Å². The van der Waals surface area contributed by atoms with Gasteiger partial charge in [0.1, 0.15) is 5.82 Å². The van der Waals surface area contributed by atoms with Crippen LogP contribution in [0.4, 0.5) is 5.82 Å². The lowest BCUT2D eigenvalue weighted by molar-refractivity contribution is 0.140. The molecule has 0 radical (unpaired) electrons. The number of hydrogen-bond acceptors (Lipinski definition) is 3. The second kappa shape index (κ2) is 7.60. The number of benzene rings is 1. The predicted molar refractivity (Wildman–Crippen MR) is 96.6 cm³/mol. The molecule has 3 heteroatoms. The summed E-state index contributed by atoms with van der Waals surface area (Å²) in [6.07, 6.45) is 5.74. The van der Waals surface area contributed by atoms with Gasteiger partial charge in [-0.3, -0.25) is 4.90 Å². The van der Waals surface area contributed by atoms with Crippen LogP contribution in [-0.2, 0) is 6.54 Å². The molecule has 0 unspecified atom stereocenters. The summed E-state index contributed by atoms with van der Waals surface area (Å²) in [5, 5.41) is 0. The van der Waals surface area contributed by atoms with Gasteiger partial charge in [-0.15, -0.1) is 0 Å². The Bertz CT molecular complexity index is 611. The Morgan fingerprint density at radius 2 is 1.96 bits per heavy atom. The summed E-state index contributed by atoms with van der Waals surface area (Å²) < 4.78 is 0. The maximum atomic E-state index is 4.67. The zero-order valence-electron chi connectivity index (χ0n) is 14.3. The van der Waals surface area contributed by atoms with Gasteiger partial charge in [-0.2, -0.15) is 0 Å². The number of pyridine rings is 1. The van der Waals surface area contributed by atoms with Crippen molar-refractivity contribution in [2.24, 2.45) is 0 Å². The smallest absolute Gasteiger partial charge is 0.133 e. The van der Waals surface area contributed by atoms with Crippen LogP contribution in [0.5, 0.6) is 0 Å². The summed E-state index contributed by atoms with van der Waals surface area (Å²) in [7, 11) is 2.14. The summed E-state index contributed by atoms with van der Waals surface area (Å²) in [4.78, 5) is 9.55. The lowest BCUT2D eigenvalue weighted by Crippen LogP contribution is -2.34. The average molecular weight is 309 g/mol. The van der Waals surface area contributed by atoms with E-state index < -0.39 is 0 Å². The van der Waals surface area contributed by atoms with Gasteiger partial charge in [0, 0.05) is 37.9 Å². The minimum absolute atomic E-state index is 0.474. The van der Waals surface area contributed by atoms with Crippen LogP contribution in [0.3, 0.4) is 0 Å². The second-order valence-electron chi connectivity index (χ2n) is 6.40. The summed E-state index contributed by atoms with van der Waals surface area (Å²) in [6, 6.07) is 15.6. The fraction of sp³-hybridized carbons (Fsp3) is 0.450. The third-order valence-corrected chi connectivity index (χ3v) is 4.85. The maximum Gasteiger partial charge on any atom is 0.133 e. The quantitative estimate of drug-likeness (QED) is 0.822. The number of piperidine rings is 1. The molecule has 1 aliphatic rings. The lowest BCUT2D eigenvalue weighted by Gasteiger charge is -2.37. The number of nitrogens with zero attached hydrogens (tertiary/aromatic N) is 3. The van der Waals surface area contributed by atoms with E-state index in [2.05, 4.69) is 71.2 Å². The van der Waals surface area contributed by atoms with Crippen LogP contribution >= 0.6 is 0 Å². The molecule has 122 valence electrons. The van der Waals surface area contributed by atoms with Crippen molar-refractivity contribution in [3.63, 3.8) is 0 Å². The number of rotatable bonds is 5. The van der Waals surface area contributed by atoms with Crippen LogP contribution in [0, 0.1) is 0 Å². The first-order valence-corrected chi connectivity index (χ1v) is 8.73. The molecule has 1 aromatic heterocycles. The molecule has 0 amide bonds. The standard InChI is InChI=1S/C20H27N3/c1-3-22(2)20-18(12-9-14-21-20)19-13-7-8-15-23(19)16-17-10-5-4-6-11-17/h4-6,9-12,14,19H,3,7-8,13,15-16H2,1-2H3/t19-/m0/s1. The van der Waals surface area contributed by atoms with Gasteiger partial charge in [-0.25, -0.2) is 4.98 Å². The molecule has 1 saturated heterocycles. The van der Waals surface area contributed by atoms with Crippen molar-refractivity contribution in [1.29, 1.82) is 0 Å². The van der Waals surface area contributed by atoms with Gasteiger partial charge in [0.15, 0.2) is 0 Å². The highest BCUT2D eigenvalue weighted by molar-refractivity contribution is 5.47. The van der Waals surface area contributed by atoms with Crippen molar-refractivity contribution in [3.05, 3.63) is 59.8 Å². The number of aromatic nitrogens is 1. The van der Waals surface area contributed by atoms with E-state index in [9.17, 15) is 0 Å². The molecule has 2 heterocycles. The van der Waals surface area contributed by atoms with Crippen LogP contribution in [-0.4, -0.2) is 30.0 Å². The Morgan fingerprint density at radius 1 is 1.13 bits per heavy atom. The zero-order valence-corrected chi connectivity index (χ0v) is 14.3.